The van der Waals surface area contributed by atoms with Crippen molar-refractivity contribution in [2.45, 2.75) is 43.6 Å². The summed E-state index contributed by atoms with van der Waals surface area (Å²) in [6.07, 6.45) is 3.00. The second kappa shape index (κ2) is 7.81. The van der Waals surface area contributed by atoms with Crippen LogP contribution in [0.1, 0.15) is 47.8 Å². The van der Waals surface area contributed by atoms with Gasteiger partial charge in [-0.25, -0.2) is 13.8 Å². The summed E-state index contributed by atoms with van der Waals surface area (Å²) in [6.45, 7) is 0.675. The normalized spacial score (nSPS) is 24.2. The van der Waals surface area contributed by atoms with Gasteiger partial charge in [0.05, 0.1) is 13.2 Å². The van der Waals surface area contributed by atoms with Gasteiger partial charge in [-0.05, 0) is 42.7 Å². The average Bonchev–Trinajstić information content (AvgIpc) is 3.31. The van der Waals surface area contributed by atoms with Crippen molar-refractivity contribution in [2.24, 2.45) is 0 Å². The third kappa shape index (κ3) is 3.31. The van der Waals surface area contributed by atoms with Gasteiger partial charge in [0.15, 0.2) is 11.3 Å². The number of likely N-dealkylation sites (tertiary alicyclic amines) is 1. The maximum atomic E-state index is 13.8. The Labute approximate surface area is 183 Å². The first-order chi connectivity index (χ1) is 15.4. The Hall–Kier alpha value is -3.07. The highest BCUT2D eigenvalue weighted by atomic mass is 19.1. The Morgan fingerprint density at radius 3 is 2.59 bits per heavy atom. The molecular formula is C23H23F2N3O4. The molecule has 4 heterocycles. The van der Waals surface area contributed by atoms with Crippen LogP contribution in [-0.4, -0.2) is 58.6 Å². The van der Waals surface area contributed by atoms with E-state index in [0.29, 0.717) is 50.1 Å². The van der Waals surface area contributed by atoms with E-state index in [0.717, 1.165) is 6.07 Å². The molecule has 2 aromatic rings. The molecule has 2 amide bonds. The van der Waals surface area contributed by atoms with Crippen molar-refractivity contribution in [2.75, 3.05) is 20.2 Å². The number of amides is 2. The van der Waals surface area contributed by atoms with Gasteiger partial charge in [-0.1, -0.05) is 0 Å². The van der Waals surface area contributed by atoms with Crippen molar-refractivity contribution in [3.63, 3.8) is 0 Å². The molecule has 5 rings (SSSR count). The van der Waals surface area contributed by atoms with Gasteiger partial charge in [-0.2, -0.15) is 0 Å². The van der Waals surface area contributed by atoms with Gasteiger partial charge in [-0.15, -0.1) is 0 Å². The maximum absolute atomic E-state index is 13.8. The summed E-state index contributed by atoms with van der Waals surface area (Å²) >= 11 is 0. The monoisotopic (exact) mass is 443 g/mol. The second-order valence-electron chi connectivity index (χ2n) is 8.42. The molecule has 2 atom stereocenters. The number of hydrogen-bond donors (Lipinski definition) is 0. The Bertz CT molecular complexity index is 1050. The molecule has 3 saturated heterocycles. The van der Waals surface area contributed by atoms with Crippen molar-refractivity contribution in [1.29, 1.82) is 0 Å². The van der Waals surface area contributed by atoms with E-state index in [4.69, 9.17) is 9.47 Å². The summed E-state index contributed by atoms with van der Waals surface area (Å²) in [4.78, 5) is 33.8. The number of pyridine rings is 1. The number of carbonyl (C=O) groups excluding carboxylic acids is 2. The van der Waals surface area contributed by atoms with Crippen LogP contribution in [-0.2, 0) is 9.53 Å². The molecule has 3 fully saturated rings. The van der Waals surface area contributed by atoms with Crippen molar-refractivity contribution in [1.82, 2.24) is 14.8 Å². The first kappa shape index (κ1) is 20.8. The van der Waals surface area contributed by atoms with Crippen molar-refractivity contribution < 1.29 is 27.8 Å². The minimum Gasteiger partial charge on any atom is -0.494 e. The van der Waals surface area contributed by atoms with E-state index in [1.165, 1.54) is 25.4 Å². The van der Waals surface area contributed by atoms with Crippen LogP contribution >= 0.6 is 0 Å². The number of carbonyl (C=O) groups is 2. The molecule has 0 radical (unpaired) electrons. The maximum Gasteiger partial charge on any atom is 0.276 e. The standard InChI is InChI=1S/C23H23F2N3O4/c1-31-18-3-2-8-26-20(18)21(29)27-9-6-23(7-10-27)22(30)28-17(4-5-19(28)32-23)14-11-15(24)13-16(25)12-14/h2-3,8,11-13,17,19H,4-7,9-10H2,1H3/t17-,19+/m0/s1. The Morgan fingerprint density at radius 2 is 1.91 bits per heavy atom. The van der Waals surface area contributed by atoms with Gasteiger partial charge in [0.2, 0.25) is 0 Å². The largest absolute Gasteiger partial charge is 0.494 e. The van der Waals surface area contributed by atoms with E-state index >= 15 is 0 Å². The van der Waals surface area contributed by atoms with Crippen LogP contribution in [0, 0.1) is 11.6 Å². The second-order valence-corrected chi connectivity index (χ2v) is 8.42. The number of halogens is 2. The molecule has 1 aromatic heterocycles. The summed E-state index contributed by atoms with van der Waals surface area (Å²) in [7, 11) is 1.48. The first-order valence-corrected chi connectivity index (χ1v) is 10.7. The molecule has 32 heavy (non-hydrogen) atoms. The van der Waals surface area contributed by atoms with Gasteiger partial charge >= 0.3 is 0 Å². The first-order valence-electron chi connectivity index (χ1n) is 10.7. The van der Waals surface area contributed by atoms with E-state index in [1.54, 1.807) is 21.9 Å². The Balaban J connectivity index is 1.32. The van der Waals surface area contributed by atoms with Gasteiger partial charge in [-0.3, -0.25) is 9.59 Å². The topological polar surface area (TPSA) is 72.0 Å². The number of methoxy groups -OCH3 is 1. The van der Waals surface area contributed by atoms with Crippen LogP contribution in [0.3, 0.4) is 0 Å². The molecule has 1 spiro atoms. The highest BCUT2D eigenvalue weighted by Crippen LogP contribution is 2.47. The Morgan fingerprint density at radius 1 is 1.19 bits per heavy atom. The summed E-state index contributed by atoms with van der Waals surface area (Å²) in [5.41, 5.74) is -0.340. The summed E-state index contributed by atoms with van der Waals surface area (Å²) < 4.78 is 39.0. The number of ether oxygens (including phenoxy) is 2. The van der Waals surface area contributed by atoms with E-state index in [1.807, 2.05) is 0 Å². The van der Waals surface area contributed by atoms with Crippen molar-refractivity contribution in [3.8, 4) is 5.75 Å². The number of nitrogens with zero attached hydrogens (tertiary/aromatic N) is 3. The molecule has 1 aromatic carbocycles. The molecule has 7 nitrogen and oxygen atoms in total. The summed E-state index contributed by atoms with van der Waals surface area (Å²) in [5, 5.41) is 0. The number of hydrogen-bond acceptors (Lipinski definition) is 5. The quantitative estimate of drug-likeness (QED) is 0.729. The third-order valence-electron chi connectivity index (χ3n) is 6.64. The molecule has 0 bridgehead atoms. The Kier molecular flexibility index (Phi) is 5.08. The third-order valence-corrected chi connectivity index (χ3v) is 6.64. The van der Waals surface area contributed by atoms with E-state index in [2.05, 4.69) is 4.98 Å². The molecule has 0 unspecified atom stereocenters. The molecule has 3 aliphatic rings. The van der Waals surface area contributed by atoms with E-state index in [-0.39, 0.29) is 17.5 Å². The zero-order valence-corrected chi connectivity index (χ0v) is 17.6. The molecule has 0 saturated carbocycles. The van der Waals surface area contributed by atoms with Crippen LogP contribution in [0.15, 0.2) is 36.5 Å². The molecule has 9 heteroatoms. The fraction of sp³-hybridized carbons (Fsp3) is 0.435. The van der Waals surface area contributed by atoms with Crippen LogP contribution in [0.5, 0.6) is 5.75 Å². The lowest BCUT2D eigenvalue weighted by Gasteiger charge is -2.37. The van der Waals surface area contributed by atoms with Gasteiger partial charge in [0.1, 0.15) is 23.6 Å². The van der Waals surface area contributed by atoms with E-state index in [9.17, 15) is 18.4 Å². The lowest BCUT2D eigenvalue weighted by Crippen LogP contribution is -2.51. The fourth-order valence-electron chi connectivity index (χ4n) is 5.08. The van der Waals surface area contributed by atoms with E-state index < -0.39 is 29.5 Å². The SMILES string of the molecule is COc1cccnc1C(=O)N1CCC2(CC1)O[C@@H]1CC[C@@H](c3cc(F)cc(F)c3)N1C2=O. The number of piperidine rings is 1. The van der Waals surface area contributed by atoms with Crippen LogP contribution in [0.25, 0.3) is 0 Å². The predicted octanol–water partition coefficient (Wildman–Crippen LogP) is 3.06. The molecule has 3 aliphatic heterocycles. The van der Waals surface area contributed by atoms with Crippen LogP contribution in [0.2, 0.25) is 0 Å². The highest BCUT2D eigenvalue weighted by Gasteiger charge is 2.58. The number of fused-ring (bicyclic) bond motifs is 1. The summed E-state index contributed by atoms with van der Waals surface area (Å²) in [5.74, 6) is -1.35. The zero-order valence-electron chi connectivity index (χ0n) is 17.6. The molecule has 0 aliphatic carbocycles. The van der Waals surface area contributed by atoms with Gasteiger partial charge in [0.25, 0.3) is 11.8 Å². The lowest BCUT2D eigenvalue weighted by molar-refractivity contribution is -0.142. The number of benzene rings is 1. The predicted molar refractivity (Wildman–Crippen MR) is 109 cm³/mol. The highest BCUT2D eigenvalue weighted by molar-refractivity contribution is 5.95. The summed E-state index contributed by atoms with van der Waals surface area (Å²) in [6, 6.07) is 6.32. The fourth-order valence-corrected chi connectivity index (χ4v) is 5.08. The van der Waals surface area contributed by atoms with Gasteiger partial charge in [0, 0.05) is 38.2 Å². The van der Waals surface area contributed by atoms with Crippen LogP contribution in [0.4, 0.5) is 8.78 Å². The average molecular weight is 443 g/mol. The number of rotatable bonds is 3. The van der Waals surface area contributed by atoms with Crippen molar-refractivity contribution >= 4 is 11.8 Å². The minimum absolute atomic E-state index is 0.169. The minimum atomic E-state index is -1.01. The van der Waals surface area contributed by atoms with Crippen molar-refractivity contribution in [3.05, 3.63) is 59.4 Å². The lowest BCUT2D eigenvalue weighted by atomic mass is 9.89. The smallest absolute Gasteiger partial charge is 0.276 e. The molecule has 0 N–H and O–H groups in total. The molecule has 168 valence electrons. The van der Waals surface area contributed by atoms with Gasteiger partial charge < -0.3 is 19.3 Å². The zero-order chi connectivity index (χ0) is 22.5. The molecular weight excluding hydrogens is 420 g/mol. The number of aromatic nitrogens is 1. The van der Waals surface area contributed by atoms with Crippen LogP contribution < -0.4 is 4.74 Å².